The number of rotatable bonds is 6. The van der Waals surface area contributed by atoms with Gasteiger partial charge in [-0.3, -0.25) is 0 Å². The van der Waals surface area contributed by atoms with Gasteiger partial charge in [-0.2, -0.15) is 0 Å². The molecular weight excluding hydrogens is 358 g/mol. The molecule has 6 heteroatoms. The average Bonchev–Trinajstić information content (AvgIpc) is 2.67. The van der Waals surface area contributed by atoms with Gasteiger partial charge in [-0.05, 0) is 48.4 Å². The molecular formula is C21H29N3O2S. The summed E-state index contributed by atoms with van der Waals surface area (Å²) < 4.78 is 27.7. The average molecular weight is 388 g/mol. The van der Waals surface area contributed by atoms with Crippen LogP contribution >= 0.6 is 0 Å². The van der Waals surface area contributed by atoms with E-state index in [9.17, 15) is 8.42 Å². The van der Waals surface area contributed by atoms with E-state index in [4.69, 9.17) is 0 Å². The molecule has 0 bridgehead atoms. The third kappa shape index (κ3) is 5.09. The first-order valence-corrected chi connectivity index (χ1v) is 11.0. The predicted octanol–water partition coefficient (Wildman–Crippen LogP) is 3.04. The van der Waals surface area contributed by atoms with Crippen molar-refractivity contribution in [2.75, 3.05) is 38.1 Å². The second-order valence-electron chi connectivity index (χ2n) is 7.51. The number of likely N-dealkylation sites (N-methyl/N-ethyl adjacent to an activating group) is 1. The summed E-state index contributed by atoms with van der Waals surface area (Å²) in [4.78, 5) is 5.00. The first-order chi connectivity index (χ1) is 12.8. The van der Waals surface area contributed by atoms with Gasteiger partial charge in [0.2, 0.25) is 10.0 Å². The van der Waals surface area contributed by atoms with Gasteiger partial charge >= 0.3 is 0 Å². The molecule has 1 aliphatic heterocycles. The molecule has 2 aromatic rings. The van der Waals surface area contributed by atoms with Crippen molar-refractivity contribution in [3.63, 3.8) is 0 Å². The third-order valence-corrected chi connectivity index (χ3v) is 6.55. The van der Waals surface area contributed by atoms with E-state index in [0.29, 0.717) is 10.8 Å². The van der Waals surface area contributed by atoms with Gasteiger partial charge in [-0.15, -0.1) is 0 Å². The fourth-order valence-electron chi connectivity index (χ4n) is 3.18. The van der Waals surface area contributed by atoms with Crippen LogP contribution in [0.2, 0.25) is 0 Å². The Morgan fingerprint density at radius 2 is 1.52 bits per heavy atom. The molecule has 27 heavy (non-hydrogen) atoms. The maximum absolute atomic E-state index is 12.5. The standard InChI is InChI=1S/C21H29N3O2S/c1-17(2)19-6-10-21(11-7-19)27(25,26)22-16-18-4-8-20(9-5-18)24-14-12-23(3)13-15-24/h4-11,17,22H,12-16H2,1-3H3. The van der Waals surface area contributed by atoms with Crippen LogP contribution in [0, 0.1) is 0 Å². The zero-order valence-electron chi connectivity index (χ0n) is 16.4. The minimum atomic E-state index is -3.50. The van der Waals surface area contributed by atoms with Gasteiger partial charge in [0.25, 0.3) is 0 Å². The second kappa shape index (κ2) is 8.42. The fourth-order valence-corrected chi connectivity index (χ4v) is 4.20. The van der Waals surface area contributed by atoms with E-state index in [2.05, 4.69) is 47.5 Å². The number of hydrogen-bond donors (Lipinski definition) is 1. The number of nitrogens with one attached hydrogen (secondary N) is 1. The lowest BCUT2D eigenvalue weighted by Crippen LogP contribution is -2.44. The van der Waals surface area contributed by atoms with Crippen LogP contribution in [-0.4, -0.2) is 46.5 Å². The Hall–Kier alpha value is -1.89. The normalized spacial score (nSPS) is 16.1. The van der Waals surface area contributed by atoms with E-state index in [1.807, 2.05) is 24.3 Å². The first kappa shape index (κ1) is 19.9. The molecule has 0 amide bonds. The molecule has 0 aliphatic carbocycles. The minimum Gasteiger partial charge on any atom is -0.369 e. The smallest absolute Gasteiger partial charge is 0.240 e. The lowest BCUT2D eigenvalue weighted by molar-refractivity contribution is 0.313. The van der Waals surface area contributed by atoms with Crippen LogP contribution in [0.3, 0.4) is 0 Å². The number of sulfonamides is 1. The van der Waals surface area contributed by atoms with Crippen molar-refractivity contribution in [2.24, 2.45) is 0 Å². The molecule has 1 fully saturated rings. The Kier molecular flexibility index (Phi) is 6.19. The molecule has 1 N–H and O–H groups in total. The fraction of sp³-hybridized carbons (Fsp3) is 0.429. The van der Waals surface area contributed by atoms with Gasteiger partial charge < -0.3 is 9.80 Å². The van der Waals surface area contributed by atoms with Crippen LogP contribution in [-0.2, 0) is 16.6 Å². The number of piperazine rings is 1. The van der Waals surface area contributed by atoms with Crippen molar-refractivity contribution in [3.8, 4) is 0 Å². The number of benzene rings is 2. The molecule has 1 heterocycles. The summed E-state index contributed by atoms with van der Waals surface area (Å²) in [5.74, 6) is 0.383. The van der Waals surface area contributed by atoms with Crippen LogP contribution in [0.4, 0.5) is 5.69 Å². The van der Waals surface area contributed by atoms with Crippen molar-refractivity contribution in [2.45, 2.75) is 31.2 Å². The Morgan fingerprint density at radius 3 is 2.07 bits per heavy atom. The Labute approximate surface area is 163 Å². The SMILES string of the molecule is CC(C)c1ccc(S(=O)(=O)NCc2ccc(N3CCN(C)CC3)cc2)cc1. The van der Waals surface area contributed by atoms with Crippen LogP contribution < -0.4 is 9.62 Å². The van der Waals surface area contributed by atoms with Crippen molar-refractivity contribution in [1.82, 2.24) is 9.62 Å². The maximum Gasteiger partial charge on any atom is 0.240 e. The molecule has 146 valence electrons. The number of nitrogens with zero attached hydrogens (tertiary/aromatic N) is 2. The van der Waals surface area contributed by atoms with E-state index >= 15 is 0 Å². The highest BCUT2D eigenvalue weighted by Gasteiger charge is 2.16. The van der Waals surface area contributed by atoms with Crippen LogP contribution in [0.25, 0.3) is 0 Å². The van der Waals surface area contributed by atoms with E-state index in [1.165, 1.54) is 5.69 Å². The molecule has 3 rings (SSSR count). The van der Waals surface area contributed by atoms with Gasteiger partial charge in [0.15, 0.2) is 0 Å². The molecule has 1 saturated heterocycles. The summed E-state index contributed by atoms with van der Waals surface area (Å²) in [6.45, 7) is 8.65. The summed E-state index contributed by atoms with van der Waals surface area (Å²) in [5.41, 5.74) is 3.28. The van der Waals surface area contributed by atoms with Gasteiger partial charge in [0.1, 0.15) is 0 Å². The monoisotopic (exact) mass is 387 g/mol. The predicted molar refractivity (Wildman–Crippen MR) is 111 cm³/mol. The Morgan fingerprint density at radius 1 is 0.926 bits per heavy atom. The summed E-state index contributed by atoms with van der Waals surface area (Å²) in [6.07, 6.45) is 0. The van der Waals surface area contributed by atoms with Crippen molar-refractivity contribution in [3.05, 3.63) is 59.7 Å². The summed E-state index contributed by atoms with van der Waals surface area (Å²) in [7, 11) is -1.36. The molecule has 0 radical (unpaired) electrons. The van der Waals surface area contributed by atoms with Gasteiger partial charge in [-0.1, -0.05) is 38.1 Å². The van der Waals surface area contributed by atoms with Crippen molar-refractivity contribution in [1.29, 1.82) is 0 Å². The molecule has 5 nitrogen and oxygen atoms in total. The van der Waals surface area contributed by atoms with Crippen LogP contribution in [0.1, 0.15) is 30.9 Å². The van der Waals surface area contributed by atoms with Crippen molar-refractivity contribution < 1.29 is 8.42 Å². The van der Waals surface area contributed by atoms with Gasteiger partial charge in [-0.25, -0.2) is 13.1 Å². The van der Waals surface area contributed by atoms with E-state index < -0.39 is 10.0 Å². The summed E-state index contributed by atoms with van der Waals surface area (Å²) in [5, 5.41) is 0. The highest BCUT2D eigenvalue weighted by atomic mass is 32.2. The number of anilines is 1. The zero-order chi connectivity index (χ0) is 19.4. The van der Waals surface area contributed by atoms with Crippen LogP contribution in [0.15, 0.2) is 53.4 Å². The lowest BCUT2D eigenvalue weighted by Gasteiger charge is -2.34. The van der Waals surface area contributed by atoms with E-state index in [1.54, 1.807) is 12.1 Å². The second-order valence-corrected chi connectivity index (χ2v) is 9.27. The molecule has 0 unspecified atom stereocenters. The zero-order valence-corrected chi connectivity index (χ0v) is 17.2. The Bertz CT molecular complexity index is 838. The van der Waals surface area contributed by atoms with Crippen LogP contribution in [0.5, 0.6) is 0 Å². The topological polar surface area (TPSA) is 52.7 Å². The summed E-state index contributed by atoms with van der Waals surface area (Å²) in [6, 6.07) is 15.3. The maximum atomic E-state index is 12.5. The number of hydrogen-bond acceptors (Lipinski definition) is 4. The Balaban J connectivity index is 1.60. The summed E-state index contributed by atoms with van der Waals surface area (Å²) >= 11 is 0. The van der Waals surface area contributed by atoms with E-state index in [-0.39, 0.29) is 6.54 Å². The van der Waals surface area contributed by atoms with Gasteiger partial charge in [0.05, 0.1) is 4.90 Å². The molecule has 0 spiro atoms. The molecule has 0 atom stereocenters. The quantitative estimate of drug-likeness (QED) is 0.828. The third-order valence-electron chi connectivity index (χ3n) is 5.13. The van der Waals surface area contributed by atoms with Crippen molar-refractivity contribution >= 4 is 15.7 Å². The molecule has 2 aromatic carbocycles. The van der Waals surface area contributed by atoms with E-state index in [0.717, 1.165) is 37.3 Å². The first-order valence-electron chi connectivity index (χ1n) is 9.47. The highest BCUT2D eigenvalue weighted by molar-refractivity contribution is 7.89. The molecule has 0 saturated carbocycles. The lowest BCUT2D eigenvalue weighted by atomic mass is 10.0. The molecule has 0 aromatic heterocycles. The van der Waals surface area contributed by atoms with Gasteiger partial charge in [0, 0.05) is 38.4 Å². The largest absolute Gasteiger partial charge is 0.369 e. The highest BCUT2D eigenvalue weighted by Crippen LogP contribution is 2.19. The molecule has 1 aliphatic rings. The minimum absolute atomic E-state index is 0.289.